The quantitative estimate of drug-likeness (QED) is 0.311. The summed E-state index contributed by atoms with van der Waals surface area (Å²) >= 11 is 5.76. The fraction of sp³-hybridized carbons (Fsp3) is 0.176. The highest BCUT2D eigenvalue weighted by Crippen LogP contribution is 2.22. The van der Waals surface area contributed by atoms with Gasteiger partial charge in [-0.05, 0) is 30.3 Å². The van der Waals surface area contributed by atoms with Crippen molar-refractivity contribution < 1.29 is 24.0 Å². The molecule has 136 valence electrons. The number of halogens is 1. The van der Waals surface area contributed by atoms with Gasteiger partial charge in [-0.15, -0.1) is 0 Å². The standard InChI is InChI=1S/C17H15ClN2O6/c18-13-1-4-15(5-2-13)25-8-7-19-17(22)11-26-16-6-3-14(20(23)24)9-12(16)10-21/h1-6,9-10H,7-8,11H2,(H,19,22). The van der Waals surface area contributed by atoms with Gasteiger partial charge < -0.3 is 14.8 Å². The number of non-ortho nitro benzene ring substituents is 1. The number of hydrogen-bond donors (Lipinski definition) is 1. The van der Waals surface area contributed by atoms with Gasteiger partial charge in [-0.1, -0.05) is 11.6 Å². The number of rotatable bonds is 9. The Kier molecular flexibility index (Phi) is 6.92. The van der Waals surface area contributed by atoms with Gasteiger partial charge in [-0.3, -0.25) is 19.7 Å². The Morgan fingerprint density at radius 1 is 1.19 bits per heavy atom. The molecule has 0 saturated carbocycles. The molecule has 0 aliphatic rings. The summed E-state index contributed by atoms with van der Waals surface area (Å²) in [7, 11) is 0. The number of nitrogens with one attached hydrogen (secondary N) is 1. The zero-order valence-electron chi connectivity index (χ0n) is 13.5. The molecule has 0 saturated heterocycles. The normalized spacial score (nSPS) is 10.0. The molecule has 0 aliphatic carbocycles. The molecule has 0 unspecified atom stereocenters. The molecule has 9 heteroatoms. The maximum Gasteiger partial charge on any atom is 0.270 e. The summed E-state index contributed by atoms with van der Waals surface area (Å²) in [6.07, 6.45) is 0.431. The van der Waals surface area contributed by atoms with Gasteiger partial charge in [0.2, 0.25) is 0 Å². The molecule has 0 radical (unpaired) electrons. The second kappa shape index (κ2) is 9.38. The summed E-state index contributed by atoms with van der Waals surface area (Å²) in [5, 5.41) is 13.9. The van der Waals surface area contributed by atoms with E-state index < -0.39 is 10.8 Å². The minimum atomic E-state index is -0.621. The highest BCUT2D eigenvalue weighted by Gasteiger charge is 2.12. The fourth-order valence-corrected chi connectivity index (χ4v) is 2.08. The molecular formula is C17H15ClN2O6. The zero-order chi connectivity index (χ0) is 18.9. The summed E-state index contributed by atoms with van der Waals surface area (Å²) < 4.78 is 10.7. The maximum atomic E-state index is 11.7. The third kappa shape index (κ3) is 5.75. The second-order valence-corrected chi connectivity index (χ2v) is 5.47. The van der Waals surface area contributed by atoms with Crippen LogP contribution in [0.5, 0.6) is 11.5 Å². The van der Waals surface area contributed by atoms with Crippen LogP contribution in [0.3, 0.4) is 0 Å². The van der Waals surface area contributed by atoms with Crippen molar-refractivity contribution in [1.82, 2.24) is 5.32 Å². The number of carbonyl (C=O) groups is 2. The summed E-state index contributed by atoms with van der Waals surface area (Å²) in [5.74, 6) is 0.305. The highest BCUT2D eigenvalue weighted by molar-refractivity contribution is 6.30. The molecule has 8 nitrogen and oxygen atoms in total. The Bertz CT molecular complexity index is 794. The Balaban J connectivity index is 1.75. The summed E-state index contributed by atoms with van der Waals surface area (Å²) in [5.41, 5.74) is -0.235. The van der Waals surface area contributed by atoms with Crippen LogP contribution < -0.4 is 14.8 Å². The van der Waals surface area contributed by atoms with Crippen LogP contribution in [0.15, 0.2) is 42.5 Å². The van der Waals surface area contributed by atoms with Crippen molar-refractivity contribution in [3.05, 3.63) is 63.2 Å². The van der Waals surface area contributed by atoms with Crippen molar-refractivity contribution in [3.8, 4) is 11.5 Å². The lowest BCUT2D eigenvalue weighted by atomic mass is 10.2. The Morgan fingerprint density at radius 3 is 2.58 bits per heavy atom. The maximum absolute atomic E-state index is 11.7. The van der Waals surface area contributed by atoms with E-state index in [-0.39, 0.29) is 36.8 Å². The average Bonchev–Trinajstić information content (AvgIpc) is 2.64. The van der Waals surface area contributed by atoms with Crippen molar-refractivity contribution in [2.24, 2.45) is 0 Å². The third-order valence-electron chi connectivity index (χ3n) is 3.20. The molecule has 0 spiro atoms. The first kappa shape index (κ1) is 19.2. The van der Waals surface area contributed by atoms with E-state index in [0.29, 0.717) is 17.1 Å². The van der Waals surface area contributed by atoms with Gasteiger partial charge >= 0.3 is 0 Å². The minimum absolute atomic E-state index is 0.00179. The van der Waals surface area contributed by atoms with E-state index in [1.807, 2.05) is 0 Å². The second-order valence-electron chi connectivity index (χ2n) is 5.04. The molecule has 2 aromatic carbocycles. The van der Waals surface area contributed by atoms with E-state index in [9.17, 15) is 19.7 Å². The van der Waals surface area contributed by atoms with Crippen LogP contribution in [-0.2, 0) is 4.79 Å². The van der Waals surface area contributed by atoms with Gasteiger partial charge in [0, 0.05) is 17.2 Å². The van der Waals surface area contributed by atoms with E-state index >= 15 is 0 Å². The van der Waals surface area contributed by atoms with Gasteiger partial charge in [0.25, 0.3) is 11.6 Å². The molecule has 2 aromatic rings. The van der Waals surface area contributed by atoms with E-state index in [1.165, 1.54) is 12.1 Å². The van der Waals surface area contributed by atoms with Crippen molar-refractivity contribution in [3.63, 3.8) is 0 Å². The molecule has 26 heavy (non-hydrogen) atoms. The first-order chi connectivity index (χ1) is 12.5. The number of amides is 1. The number of aldehydes is 1. The minimum Gasteiger partial charge on any atom is -0.492 e. The molecule has 1 amide bonds. The van der Waals surface area contributed by atoms with E-state index in [4.69, 9.17) is 21.1 Å². The first-order valence-electron chi connectivity index (χ1n) is 7.51. The Morgan fingerprint density at radius 2 is 1.92 bits per heavy atom. The van der Waals surface area contributed by atoms with Gasteiger partial charge in [0.15, 0.2) is 12.9 Å². The summed E-state index contributed by atoms with van der Waals surface area (Å²) in [6, 6.07) is 10.4. The largest absolute Gasteiger partial charge is 0.492 e. The van der Waals surface area contributed by atoms with E-state index in [1.54, 1.807) is 24.3 Å². The number of nitro benzene ring substituents is 1. The SMILES string of the molecule is O=Cc1cc([N+](=O)[O-])ccc1OCC(=O)NCCOc1ccc(Cl)cc1. The van der Waals surface area contributed by atoms with Gasteiger partial charge in [0.1, 0.15) is 18.1 Å². The van der Waals surface area contributed by atoms with Gasteiger partial charge in [-0.25, -0.2) is 0 Å². The van der Waals surface area contributed by atoms with E-state index in [2.05, 4.69) is 5.32 Å². The molecule has 0 aromatic heterocycles. The molecule has 0 fully saturated rings. The van der Waals surface area contributed by atoms with Crippen LogP contribution in [-0.4, -0.2) is 36.9 Å². The fourth-order valence-electron chi connectivity index (χ4n) is 1.96. The van der Waals surface area contributed by atoms with Crippen LogP contribution in [0.1, 0.15) is 10.4 Å². The summed E-state index contributed by atoms with van der Waals surface area (Å²) in [4.78, 5) is 32.8. The van der Waals surface area contributed by atoms with Crippen molar-refractivity contribution >= 4 is 29.5 Å². The van der Waals surface area contributed by atoms with Crippen LogP contribution in [0.4, 0.5) is 5.69 Å². The van der Waals surface area contributed by atoms with Crippen LogP contribution in [0.25, 0.3) is 0 Å². The van der Waals surface area contributed by atoms with Crippen LogP contribution in [0.2, 0.25) is 5.02 Å². The number of nitro groups is 1. The molecule has 0 heterocycles. The Labute approximate surface area is 153 Å². The summed E-state index contributed by atoms with van der Waals surface area (Å²) in [6.45, 7) is 0.176. The average molecular weight is 379 g/mol. The predicted molar refractivity (Wildman–Crippen MR) is 93.9 cm³/mol. The number of ether oxygens (including phenoxy) is 2. The lowest BCUT2D eigenvalue weighted by Gasteiger charge is -2.10. The number of nitrogens with zero attached hydrogens (tertiary/aromatic N) is 1. The van der Waals surface area contributed by atoms with Crippen LogP contribution in [0, 0.1) is 10.1 Å². The number of carbonyl (C=O) groups excluding carboxylic acids is 2. The van der Waals surface area contributed by atoms with Crippen molar-refractivity contribution in [2.75, 3.05) is 19.8 Å². The molecular weight excluding hydrogens is 364 g/mol. The number of hydrogen-bond acceptors (Lipinski definition) is 6. The molecule has 0 aliphatic heterocycles. The van der Waals surface area contributed by atoms with Gasteiger partial charge in [-0.2, -0.15) is 0 Å². The highest BCUT2D eigenvalue weighted by atomic mass is 35.5. The van der Waals surface area contributed by atoms with Crippen molar-refractivity contribution in [1.29, 1.82) is 0 Å². The molecule has 0 atom stereocenters. The van der Waals surface area contributed by atoms with Gasteiger partial charge in [0.05, 0.1) is 17.0 Å². The lowest BCUT2D eigenvalue weighted by molar-refractivity contribution is -0.384. The smallest absolute Gasteiger partial charge is 0.270 e. The molecule has 1 N–H and O–H groups in total. The van der Waals surface area contributed by atoms with Crippen LogP contribution >= 0.6 is 11.6 Å². The molecule has 2 rings (SSSR count). The monoisotopic (exact) mass is 378 g/mol. The number of benzene rings is 2. The van der Waals surface area contributed by atoms with E-state index in [0.717, 1.165) is 6.07 Å². The third-order valence-corrected chi connectivity index (χ3v) is 3.45. The first-order valence-corrected chi connectivity index (χ1v) is 7.89. The Hall–Kier alpha value is -3.13. The predicted octanol–water partition coefficient (Wildman–Crippen LogP) is 2.63. The van der Waals surface area contributed by atoms with Crippen molar-refractivity contribution in [2.45, 2.75) is 0 Å². The lowest BCUT2D eigenvalue weighted by Crippen LogP contribution is -2.32. The molecule has 0 bridgehead atoms. The topological polar surface area (TPSA) is 108 Å². The zero-order valence-corrected chi connectivity index (χ0v) is 14.3.